The van der Waals surface area contributed by atoms with Gasteiger partial charge < -0.3 is 18.9 Å². The van der Waals surface area contributed by atoms with Crippen LogP contribution in [-0.2, 0) is 9.09 Å². The fraction of sp³-hybridized carbons (Fsp3) is 0.250. The van der Waals surface area contributed by atoms with E-state index in [2.05, 4.69) is 19.5 Å². The van der Waals surface area contributed by atoms with Crippen molar-refractivity contribution in [3.05, 3.63) is 19.0 Å². The Bertz CT molecular complexity index is 211. The lowest BCUT2D eigenvalue weighted by atomic mass is 11.1. The van der Waals surface area contributed by atoms with E-state index < -0.39 is 7.82 Å². The summed E-state index contributed by atoms with van der Waals surface area (Å²) in [5.74, 6) is 0. The van der Waals surface area contributed by atoms with Crippen molar-refractivity contribution in [2.24, 2.45) is 0 Å². The fourth-order valence-corrected chi connectivity index (χ4v) is 0.205. The van der Waals surface area contributed by atoms with Gasteiger partial charge in [0.2, 0.25) is 0 Å². The molecule has 0 amide bonds. The van der Waals surface area contributed by atoms with E-state index in [4.69, 9.17) is 0 Å². The van der Waals surface area contributed by atoms with Crippen LogP contribution in [0.2, 0.25) is 0 Å². The summed E-state index contributed by atoms with van der Waals surface area (Å²) in [6.45, 7) is 0. The minimum absolute atomic E-state index is 0.820. The number of aromatic nitrogens is 3. The topological polar surface area (TPSA) is 111 Å². The Morgan fingerprint density at radius 1 is 1.17 bits per heavy atom. The quantitative estimate of drug-likeness (QED) is 0.488. The standard InChI is InChI=1S/C3H3N3.CH5O4P/c1-4-2-6-3-5-1;1-5-6(2,3)4/h1-3H;1H3,(H2,2,3,4)/p-2. The third kappa shape index (κ3) is 9.12. The summed E-state index contributed by atoms with van der Waals surface area (Å²) in [4.78, 5) is 29.2. The van der Waals surface area contributed by atoms with Crippen molar-refractivity contribution in [3.8, 4) is 0 Å². The summed E-state index contributed by atoms with van der Waals surface area (Å²) in [5.41, 5.74) is 0. The highest BCUT2D eigenvalue weighted by Gasteiger charge is 1.75. The van der Waals surface area contributed by atoms with Gasteiger partial charge in [0.25, 0.3) is 0 Å². The molecule has 1 rings (SSSR count). The maximum Gasteiger partial charge on any atom is 0.119 e. The SMILES string of the molecule is COP(=O)([O-])[O-].c1ncncn1. The Morgan fingerprint density at radius 2 is 1.42 bits per heavy atom. The lowest BCUT2D eigenvalue weighted by molar-refractivity contribution is -0.339. The first kappa shape index (κ1) is 11.1. The number of phosphoric acid groups is 1. The highest BCUT2D eigenvalue weighted by molar-refractivity contribution is 7.43. The smallest absolute Gasteiger partial charge is 0.119 e. The van der Waals surface area contributed by atoms with Crippen molar-refractivity contribution < 1.29 is 18.9 Å². The molecule has 0 aliphatic rings. The number of hydrogen-bond acceptors (Lipinski definition) is 7. The van der Waals surface area contributed by atoms with Gasteiger partial charge in [-0.05, 0) is 0 Å². The van der Waals surface area contributed by atoms with Gasteiger partial charge in [-0.2, -0.15) is 0 Å². The van der Waals surface area contributed by atoms with Gasteiger partial charge >= 0.3 is 0 Å². The number of nitrogens with zero attached hydrogens (tertiary/aromatic N) is 3. The van der Waals surface area contributed by atoms with E-state index in [9.17, 15) is 14.4 Å². The molecule has 0 radical (unpaired) electrons. The molecule has 0 atom stereocenters. The largest absolute Gasteiger partial charge is 0.790 e. The summed E-state index contributed by atoms with van der Waals surface area (Å²) >= 11 is 0. The summed E-state index contributed by atoms with van der Waals surface area (Å²) < 4.78 is 12.6. The Kier molecular flexibility index (Phi) is 5.31. The van der Waals surface area contributed by atoms with Crippen LogP contribution in [0.25, 0.3) is 0 Å². The van der Waals surface area contributed by atoms with Crippen molar-refractivity contribution in [2.75, 3.05) is 7.11 Å². The van der Waals surface area contributed by atoms with Crippen LogP contribution in [-0.4, -0.2) is 22.1 Å². The minimum Gasteiger partial charge on any atom is -0.790 e. The molecule has 12 heavy (non-hydrogen) atoms. The Labute approximate surface area is 68.7 Å². The van der Waals surface area contributed by atoms with Crippen LogP contribution in [0.1, 0.15) is 0 Å². The third-order valence-corrected chi connectivity index (χ3v) is 1.07. The second-order valence-electron chi connectivity index (χ2n) is 1.42. The van der Waals surface area contributed by atoms with E-state index in [1.54, 1.807) is 0 Å². The van der Waals surface area contributed by atoms with Gasteiger partial charge in [-0.15, -0.1) is 0 Å². The van der Waals surface area contributed by atoms with Crippen LogP contribution < -0.4 is 9.79 Å². The van der Waals surface area contributed by atoms with Crippen LogP contribution in [0.15, 0.2) is 19.0 Å². The molecule has 0 saturated heterocycles. The lowest BCUT2D eigenvalue weighted by Crippen LogP contribution is -2.14. The molecule has 7 nitrogen and oxygen atoms in total. The summed E-state index contributed by atoms with van der Waals surface area (Å²) in [6.07, 6.45) is 4.31. The normalized spacial score (nSPS) is 9.92. The molecule has 0 N–H and O–H groups in total. The fourth-order valence-electron chi connectivity index (χ4n) is 0.205. The highest BCUT2D eigenvalue weighted by atomic mass is 31.2. The van der Waals surface area contributed by atoms with Crippen molar-refractivity contribution in [3.63, 3.8) is 0 Å². The minimum atomic E-state index is -4.65. The van der Waals surface area contributed by atoms with Crippen molar-refractivity contribution in [2.45, 2.75) is 0 Å². The van der Waals surface area contributed by atoms with Gasteiger partial charge in [0.05, 0.1) is 7.82 Å². The van der Waals surface area contributed by atoms with E-state index in [0.717, 1.165) is 7.11 Å². The molecular formula is C4H6N3O4P-2. The number of rotatable bonds is 1. The first-order valence-electron chi connectivity index (χ1n) is 2.69. The summed E-state index contributed by atoms with van der Waals surface area (Å²) in [5, 5.41) is 0. The zero-order valence-corrected chi connectivity index (χ0v) is 7.05. The molecule has 1 aromatic heterocycles. The van der Waals surface area contributed by atoms with E-state index in [0.29, 0.717) is 0 Å². The second kappa shape index (κ2) is 5.73. The molecule has 68 valence electrons. The molecular weight excluding hydrogens is 185 g/mol. The molecule has 0 fully saturated rings. The molecule has 0 saturated carbocycles. The van der Waals surface area contributed by atoms with E-state index in [-0.39, 0.29) is 0 Å². The maximum atomic E-state index is 9.25. The van der Waals surface area contributed by atoms with E-state index in [1.807, 2.05) is 0 Å². The lowest BCUT2D eigenvalue weighted by Gasteiger charge is -2.25. The van der Waals surface area contributed by atoms with Crippen LogP contribution in [0.4, 0.5) is 0 Å². The predicted molar refractivity (Wildman–Crippen MR) is 34.4 cm³/mol. The molecule has 8 heteroatoms. The molecule has 0 aliphatic heterocycles. The third-order valence-electron chi connectivity index (χ3n) is 0.624. The Hall–Kier alpha value is -0.880. The van der Waals surface area contributed by atoms with E-state index >= 15 is 0 Å². The first-order chi connectivity index (χ1) is 5.56. The second-order valence-corrected chi connectivity index (χ2v) is 2.68. The predicted octanol–water partition coefficient (Wildman–Crippen LogP) is -1.67. The average molecular weight is 191 g/mol. The zero-order chi connectivity index (χ0) is 9.45. The van der Waals surface area contributed by atoms with Crippen LogP contribution in [0, 0.1) is 0 Å². The summed E-state index contributed by atoms with van der Waals surface area (Å²) in [7, 11) is -3.83. The van der Waals surface area contributed by atoms with Crippen molar-refractivity contribution in [1.29, 1.82) is 0 Å². The molecule has 0 aliphatic carbocycles. The Morgan fingerprint density at radius 3 is 1.50 bits per heavy atom. The molecule has 0 bridgehead atoms. The number of phosphoric ester groups is 1. The van der Waals surface area contributed by atoms with Crippen LogP contribution in [0.5, 0.6) is 0 Å². The van der Waals surface area contributed by atoms with Gasteiger partial charge in [-0.3, -0.25) is 0 Å². The molecule has 0 spiro atoms. The van der Waals surface area contributed by atoms with Gasteiger partial charge in [0.1, 0.15) is 19.0 Å². The molecule has 0 unspecified atom stereocenters. The Balaban J connectivity index is 0.000000202. The van der Waals surface area contributed by atoms with Gasteiger partial charge in [-0.1, -0.05) is 0 Å². The summed E-state index contributed by atoms with van der Waals surface area (Å²) in [6, 6.07) is 0. The number of hydrogen-bond donors (Lipinski definition) is 0. The molecule has 1 heterocycles. The van der Waals surface area contributed by atoms with Crippen LogP contribution >= 0.6 is 7.82 Å². The average Bonchev–Trinajstić information content (AvgIpc) is 2.07. The van der Waals surface area contributed by atoms with E-state index in [1.165, 1.54) is 19.0 Å². The first-order valence-corrected chi connectivity index (χ1v) is 4.15. The van der Waals surface area contributed by atoms with Crippen molar-refractivity contribution in [1.82, 2.24) is 15.0 Å². The van der Waals surface area contributed by atoms with Crippen LogP contribution in [0.3, 0.4) is 0 Å². The molecule has 0 aromatic carbocycles. The van der Waals surface area contributed by atoms with Gasteiger partial charge in [-0.25, -0.2) is 15.0 Å². The highest BCUT2D eigenvalue weighted by Crippen LogP contribution is 2.21. The van der Waals surface area contributed by atoms with Crippen molar-refractivity contribution >= 4 is 7.82 Å². The monoisotopic (exact) mass is 191 g/mol. The zero-order valence-electron chi connectivity index (χ0n) is 6.15. The maximum absolute atomic E-state index is 9.25. The van der Waals surface area contributed by atoms with Gasteiger partial charge in [0.15, 0.2) is 0 Å². The van der Waals surface area contributed by atoms with Gasteiger partial charge in [0, 0.05) is 7.11 Å². The molecule has 1 aromatic rings.